The Balaban J connectivity index is 2.15. The van der Waals surface area contributed by atoms with Crippen molar-refractivity contribution in [3.05, 3.63) is 47.2 Å². The third-order valence-corrected chi connectivity index (χ3v) is 2.34. The molecule has 0 aliphatic carbocycles. The van der Waals surface area contributed by atoms with Crippen LogP contribution in [-0.4, -0.2) is 18.5 Å². The highest BCUT2D eigenvalue weighted by atomic mass is 19.1. The molecule has 0 amide bonds. The molecule has 0 aromatic heterocycles. The summed E-state index contributed by atoms with van der Waals surface area (Å²) in [6.07, 6.45) is 1.16. The second kappa shape index (κ2) is 4.95. The van der Waals surface area contributed by atoms with Crippen LogP contribution in [0.15, 0.2) is 30.0 Å². The van der Waals surface area contributed by atoms with Gasteiger partial charge in [-0.2, -0.15) is 0 Å². The number of halogens is 2. The summed E-state index contributed by atoms with van der Waals surface area (Å²) >= 11 is 0. The molecule has 1 aromatic carbocycles. The van der Waals surface area contributed by atoms with Crippen molar-refractivity contribution in [2.24, 2.45) is 0 Å². The van der Waals surface area contributed by atoms with Crippen LogP contribution in [-0.2, 0) is 14.3 Å². The van der Waals surface area contributed by atoms with E-state index in [1.54, 1.807) is 0 Å². The van der Waals surface area contributed by atoms with E-state index in [1.807, 2.05) is 0 Å². The van der Waals surface area contributed by atoms with Gasteiger partial charge < -0.3 is 9.47 Å². The van der Waals surface area contributed by atoms with Gasteiger partial charge in [0.15, 0.2) is 0 Å². The molecular weight excluding hydrogens is 246 g/mol. The zero-order valence-electron chi connectivity index (χ0n) is 9.11. The SMILES string of the molecule is O=C1OCC/C1=C\OC(=O)c1c(F)cccc1F. The first kappa shape index (κ1) is 12.2. The highest BCUT2D eigenvalue weighted by molar-refractivity contribution is 5.92. The normalized spacial score (nSPS) is 16.8. The largest absolute Gasteiger partial charge is 0.462 e. The summed E-state index contributed by atoms with van der Waals surface area (Å²) in [5.41, 5.74) is -0.638. The molecule has 0 spiro atoms. The number of ether oxygens (including phenoxy) is 2. The fourth-order valence-corrected chi connectivity index (χ4v) is 1.43. The Labute approximate surface area is 101 Å². The van der Waals surface area contributed by atoms with Crippen LogP contribution in [0, 0.1) is 11.6 Å². The first-order chi connectivity index (χ1) is 8.59. The predicted molar refractivity (Wildman–Crippen MR) is 55.4 cm³/mol. The fraction of sp³-hybridized carbons (Fsp3) is 0.167. The molecule has 0 saturated carbocycles. The van der Waals surface area contributed by atoms with Gasteiger partial charge in [-0.1, -0.05) is 6.07 Å². The molecule has 94 valence electrons. The van der Waals surface area contributed by atoms with E-state index in [4.69, 9.17) is 0 Å². The molecule has 1 fully saturated rings. The van der Waals surface area contributed by atoms with Crippen LogP contribution in [0.3, 0.4) is 0 Å². The summed E-state index contributed by atoms with van der Waals surface area (Å²) in [5, 5.41) is 0. The van der Waals surface area contributed by atoms with Gasteiger partial charge in [-0.25, -0.2) is 18.4 Å². The zero-order chi connectivity index (χ0) is 13.1. The average molecular weight is 254 g/mol. The molecular formula is C12H8F2O4. The van der Waals surface area contributed by atoms with Gasteiger partial charge >= 0.3 is 11.9 Å². The van der Waals surface area contributed by atoms with E-state index in [0.717, 1.165) is 24.5 Å². The smallest absolute Gasteiger partial charge is 0.348 e. The standard InChI is InChI=1S/C12H8F2O4/c13-8-2-1-3-9(14)10(8)12(16)18-6-7-4-5-17-11(7)15/h1-3,6H,4-5H2/b7-6+. The lowest BCUT2D eigenvalue weighted by molar-refractivity contribution is -0.135. The highest BCUT2D eigenvalue weighted by Crippen LogP contribution is 2.16. The van der Waals surface area contributed by atoms with E-state index in [9.17, 15) is 18.4 Å². The number of benzene rings is 1. The van der Waals surface area contributed by atoms with Gasteiger partial charge in [-0.3, -0.25) is 0 Å². The molecule has 0 atom stereocenters. The van der Waals surface area contributed by atoms with Crippen molar-refractivity contribution >= 4 is 11.9 Å². The molecule has 18 heavy (non-hydrogen) atoms. The van der Waals surface area contributed by atoms with Crippen LogP contribution in [0.4, 0.5) is 8.78 Å². The van der Waals surface area contributed by atoms with Crippen molar-refractivity contribution in [2.75, 3.05) is 6.61 Å². The molecule has 6 heteroatoms. The van der Waals surface area contributed by atoms with Gasteiger partial charge in [0, 0.05) is 6.42 Å². The molecule has 0 N–H and O–H groups in total. The van der Waals surface area contributed by atoms with E-state index < -0.39 is 29.1 Å². The predicted octanol–water partition coefficient (Wildman–Crippen LogP) is 1.95. The van der Waals surface area contributed by atoms with Gasteiger partial charge in [0.25, 0.3) is 0 Å². The number of rotatable bonds is 2. The second-order valence-electron chi connectivity index (χ2n) is 3.53. The minimum absolute atomic E-state index is 0.153. The Morgan fingerprint density at radius 2 is 2.00 bits per heavy atom. The van der Waals surface area contributed by atoms with E-state index in [-0.39, 0.29) is 12.2 Å². The topological polar surface area (TPSA) is 52.6 Å². The number of hydrogen-bond donors (Lipinski definition) is 0. The quantitative estimate of drug-likeness (QED) is 0.460. The Hall–Kier alpha value is -2.24. The Morgan fingerprint density at radius 3 is 2.56 bits per heavy atom. The third kappa shape index (κ3) is 2.37. The van der Waals surface area contributed by atoms with Crippen LogP contribution in [0.1, 0.15) is 16.8 Å². The maximum absolute atomic E-state index is 13.2. The summed E-state index contributed by atoms with van der Waals surface area (Å²) in [7, 11) is 0. The molecule has 0 unspecified atom stereocenters. The first-order valence-corrected chi connectivity index (χ1v) is 5.11. The van der Waals surface area contributed by atoms with E-state index in [2.05, 4.69) is 9.47 Å². The zero-order valence-corrected chi connectivity index (χ0v) is 9.11. The van der Waals surface area contributed by atoms with Crippen LogP contribution in [0.5, 0.6) is 0 Å². The second-order valence-corrected chi connectivity index (χ2v) is 3.53. The fourth-order valence-electron chi connectivity index (χ4n) is 1.43. The van der Waals surface area contributed by atoms with Gasteiger partial charge in [0.05, 0.1) is 12.2 Å². The summed E-state index contributed by atoms with van der Waals surface area (Å²) in [4.78, 5) is 22.5. The van der Waals surface area contributed by atoms with Crippen molar-refractivity contribution < 1.29 is 27.8 Å². The van der Waals surface area contributed by atoms with Gasteiger partial charge in [-0.05, 0) is 12.1 Å². The number of carbonyl (C=O) groups excluding carboxylic acids is 2. The molecule has 1 aromatic rings. The molecule has 0 bridgehead atoms. The maximum atomic E-state index is 13.2. The minimum atomic E-state index is -1.20. The molecule has 1 saturated heterocycles. The summed E-state index contributed by atoms with van der Waals surface area (Å²) in [6.45, 7) is 0.205. The van der Waals surface area contributed by atoms with Crippen LogP contribution >= 0.6 is 0 Å². The number of hydrogen-bond acceptors (Lipinski definition) is 4. The van der Waals surface area contributed by atoms with Crippen molar-refractivity contribution in [2.45, 2.75) is 6.42 Å². The molecule has 1 aliphatic heterocycles. The number of cyclic esters (lactones) is 1. The summed E-state index contributed by atoms with van der Waals surface area (Å²) in [5.74, 6) is -3.84. The third-order valence-electron chi connectivity index (χ3n) is 2.34. The maximum Gasteiger partial charge on any atom is 0.348 e. The summed E-state index contributed by atoms with van der Waals surface area (Å²) in [6, 6.07) is 3.02. The van der Waals surface area contributed by atoms with Crippen molar-refractivity contribution in [3.8, 4) is 0 Å². The lowest BCUT2D eigenvalue weighted by Gasteiger charge is -2.02. The molecule has 0 radical (unpaired) electrons. The van der Waals surface area contributed by atoms with Crippen LogP contribution in [0.2, 0.25) is 0 Å². The lowest BCUT2D eigenvalue weighted by atomic mass is 10.2. The molecule has 1 aliphatic rings. The van der Waals surface area contributed by atoms with Crippen LogP contribution in [0.25, 0.3) is 0 Å². The Bertz CT molecular complexity index is 517. The van der Waals surface area contributed by atoms with Crippen molar-refractivity contribution in [1.82, 2.24) is 0 Å². The van der Waals surface area contributed by atoms with Crippen LogP contribution < -0.4 is 0 Å². The monoisotopic (exact) mass is 254 g/mol. The van der Waals surface area contributed by atoms with E-state index >= 15 is 0 Å². The lowest BCUT2D eigenvalue weighted by Crippen LogP contribution is -2.08. The highest BCUT2D eigenvalue weighted by Gasteiger charge is 2.22. The molecule has 2 rings (SSSR count). The minimum Gasteiger partial charge on any atom is -0.462 e. The van der Waals surface area contributed by atoms with Gasteiger partial charge in [0.1, 0.15) is 23.5 Å². The Morgan fingerprint density at radius 1 is 1.33 bits per heavy atom. The van der Waals surface area contributed by atoms with Crippen molar-refractivity contribution in [1.29, 1.82) is 0 Å². The van der Waals surface area contributed by atoms with E-state index in [0.29, 0.717) is 6.42 Å². The van der Waals surface area contributed by atoms with Gasteiger partial charge in [-0.15, -0.1) is 0 Å². The Kier molecular flexibility index (Phi) is 3.36. The first-order valence-electron chi connectivity index (χ1n) is 5.11. The van der Waals surface area contributed by atoms with Gasteiger partial charge in [0.2, 0.25) is 0 Å². The average Bonchev–Trinajstić information content (AvgIpc) is 2.72. The number of carbonyl (C=O) groups is 2. The molecule has 4 nitrogen and oxygen atoms in total. The molecule has 1 heterocycles. The van der Waals surface area contributed by atoms with Crippen molar-refractivity contribution in [3.63, 3.8) is 0 Å². The number of esters is 2. The summed E-state index contributed by atoms with van der Waals surface area (Å²) < 4.78 is 35.6. The van der Waals surface area contributed by atoms with E-state index in [1.165, 1.54) is 0 Å².